The zero-order valence-electron chi connectivity index (χ0n) is 8.25. The monoisotopic (exact) mass is 185 g/mol. The Morgan fingerprint density at radius 1 is 1.38 bits per heavy atom. The lowest BCUT2D eigenvalue weighted by molar-refractivity contribution is -0.124. The first-order valence-corrected chi connectivity index (χ1v) is 5.16. The van der Waals surface area contributed by atoms with Gasteiger partial charge in [0.2, 0.25) is 5.91 Å². The van der Waals surface area contributed by atoms with Crippen LogP contribution in [-0.4, -0.2) is 23.7 Å². The number of rotatable bonds is 3. The zero-order chi connectivity index (χ0) is 9.68. The van der Waals surface area contributed by atoms with Gasteiger partial charge in [0, 0.05) is 6.04 Å². The van der Waals surface area contributed by atoms with E-state index >= 15 is 0 Å². The molecule has 1 rings (SSSR count). The van der Waals surface area contributed by atoms with Gasteiger partial charge in [0.15, 0.2) is 0 Å². The van der Waals surface area contributed by atoms with Gasteiger partial charge in [-0.2, -0.15) is 0 Å². The van der Waals surface area contributed by atoms with E-state index in [4.69, 9.17) is 5.11 Å². The van der Waals surface area contributed by atoms with Crippen LogP contribution in [0.5, 0.6) is 0 Å². The molecule has 0 aromatic rings. The second-order valence-electron chi connectivity index (χ2n) is 3.85. The topological polar surface area (TPSA) is 49.3 Å². The highest BCUT2D eigenvalue weighted by molar-refractivity contribution is 5.77. The van der Waals surface area contributed by atoms with E-state index in [1.807, 2.05) is 0 Å². The summed E-state index contributed by atoms with van der Waals surface area (Å²) in [6.45, 7) is 1.84. The molecule has 76 valence electrons. The Balaban J connectivity index is 2.21. The molecule has 0 aromatic carbocycles. The van der Waals surface area contributed by atoms with Crippen LogP contribution in [0.3, 0.4) is 0 Å². The predicted molar refractivity (Wildman–Crippen MR) is 51.3 cm³/mol. The van der Waals surface area contributed by atoms with Crippen molar-refractivity contribution in [3.05, 3.63) is 0 Å². The van der Waals surface area contributed by atoms with Crippen LogP contribution < -0.4 is 5.32 Å². The molecule has 0 aromatic heterocycles. The summed E-state index contributed by atoms with van der Waals surface area (Å²) in [7, 11) is 0. The van der Waals surface area contributed by atoms with Gasteiger partial charge < -0.3 is 10.4 Å². The van der Waals surface area contributed by atoms with Crippen molar-refractivity contribution in [3.8, 4) is 0 Å². The molecule has 0 unspecified atom stereocenters. The minimum Gasteiger partial charge on any atom is -0.387 e. The molecule has 3 nitrogen and oxygen atoms in total. The molecule has 0 atom stereocenters. The van der Waals surface area contributed by atoms with Gasteiger partial charge in [-0.15, -0.1) is 0 Å². The number of hydrogen-bond donors (Lipinski definition) is 2. The molecule has 2 N–H and O–H groups in total. The quantitative estimate of drug-likeness (QED) is 0.691. The Hall–Kier alpha value is -0.570. The van der Waals surface area contributed by atoms with Crippen molar-refractivity contribution in [1.29, 1.82) is 0 Å². The standard InChI is InChI=1S/C10H19NO2/c1-2-8-3-5-9(6-4-8)11-10(13)7-12/h8-9,12H,2-7H2,1H3,(H,11,13). The van der Waals surface area contributed by atoms with Gasteiger partial charge in [-0.25, -0.2) is 0 Å². The third-order valence-electron chi connectivity index (χ3n) is 2.93. The Bertz CT molecular complexity index is 162. The minimum atomic E-state index is -0.381. The molecule has 1 fully saturated rings. The summed E-state index contributed by atoms with van der Waals surface area (Å²) in [6.07, 6.45) is 5.83. The molecule has 0 heterocycles. The largest absolute Gasteiger partial charge is 0.387 e. The highest BCUT2D eigenvalue weighted by Crippen LogP contribution is 2.26. The van der Waals surface area contributed by atoms with Crippen LogP contribution >= 0.6 is 0 Å². The fraction of sp³-hybridized carbons (Fsp3) is 0.900. The van der Waals surface area contributed by atoms with E-state index in [1.54, 1.807) is 0 Å². The van der Waals surface area contributed by atoms with Crippen LogP contribution in [0, 0.1) is 5.92 Å². The van der Waals surface area contributed by atoms with Crippen LogP contribution in [0.15, 0.2) is 0 Å². The van der Waals surface area contributed by atoms with Gasteiger partial charge in [-0.05, 0) is 31.6 Å². The van der Waals surface area contributed by atoms with E-state index < -0.39 is 0 Å². The van der Waals surface area contributed by atoms with E-state index in [-0.39, 0.29) is 12.5 Å². The van der Waals surface area contributed by atoms with Crippen molar-refractivity contribution in [1.82, 2.24) is 5.32 Å². The maximum Gasteiger partial charge on any atom is 0.245 e. The Morgan fingerprint density at radius 3 is 2.46 bits per heavy atom. The Morgan fingerprint density at radius 2 is 2.00 bits per heavy atom. The summed E-state index contributed by atoms with van der Waals surface area (Å²) < 4.78 is 0. The first kappa shape index (κ1) is 10.5. The predicted octanol–water partition coefficient (Wildman–Crippen LogP) is 1.06. The first-order valence-electron chi connectivity index (χ1n) is 5.16. The summed E-state index contributed by atoms with van der Waals surface area (Å²) in [6, 6.07) is 0.308. The molecule has 0 bridgehead atoms. The zero-order valence-corrected chi connectivity index (χ0v) is 8.25. The number of carbonyl (C=O) groups excluding carboxylic acids is 1. The molecule has 0 saturated heterocycles. The highest BCUT2D eigenvalue weighted by Gasteiger charge is 2.20. The summed E-state index contributed by atoms with van der Waals surface area (Å²) >= 11 is 0. The molecule has 1 saturated carbocycles. The second kappa shape index (κ2) is 5.22. The van der Waals surface area contributed by atoms with Gasteiger partial charge in [-0.1, -0.05) is 13.3 Å². The van der Waals surface area contributed by atoms with E-state index in [0.29, 0.717) is 6.04 Å². The molecule has 1 amide bonds. The molecule has 1 aliphatic carbocycles. The third kappa shape index (κ3) is 3.35. The van der Waals surface area contributed by atoms with Gasteiger partial charge >= 0.3 is 0 Å². The maximum absolute atomic E-state index is 10.9. The lowest BCUT2D eigenvalue weighted by Gasteiger charge is -2.28. The van der Waals surface area contributed by atoms with Crippen molar-refractivity contribution in [3.63, 3.8) is 0 Å². The average Bonchev–Trinajstić information content (AvgIpc) is 2.19. The summed E-state index contributed by atoms with van der Waals surface area (Å²) in [5.74, 6) is 0.613. The van der Waals surface area contributed by atoms with Crippen LogP contribution in [0.2, 0.25) is 0 Å². The molecule has 13 heavy (non-hydrogen) atoms. The van der Waals surface area contributed by atoms with Crippen LogP contribution in [0.4, 0.5) is 0 Å². The smallest absolute Gasteiger partial charge is 0.245 e. The van der Waals surface area contributed by atoms with Crippen molar-refractivity contribution >= 4 is 5.91 Å². The van der Waals surface area contributed by atoms with Crippen molar-refractivity contribution in [2.75, 3.05) is 6.61 Å². The number of carbonyl (C=O) groups is 1. The summed E-state index contributed by atoms with van der Waals surface area (Å²) in [5.41, 5.74) is 0. The number of hydrogen-bond acceptors (Lipinski definition) is 2. The molecule has 0 radical (unpaired) electrons. The lowest BCUT2D eigenvalue weighted by atomic mass is 9.84. The maximum atomic E-state index is 10.9. The molecular formula is C10H19NO2. The fourth-order valence-corrected chi connectivity index (χ4v) is 1.99. The van der Waals surface area contributed by atoms with Gasteiger partial charge in [0.1, 0.15) is 6.61 Å². The Kier molecular flexibility index (Phi) is 4.22. The van der Waals surface area contributed by atoms with Crippen LogP contribution in [0.1, 0.15) is 39.0 Å². The highest BCUT2D eigenvalue weighted by atomic mass is 16.3. The molecule has 3 heteroatoms. The van der Waals surface area contributed by atoms with E-state index in [0.717, 1.165) is 18.8 Å². The van der Waals surface area contributed by atoms with Gasteiger partial charge in [-0.3, -0.25) is 4.79 Å². The van der Waals surface area contributed by atoms with Crippen molar-refractivity contribution < 1.29 is 9.90 Å². The summed E-state index contributed by atoms with van der Waals surface area (Å²) in [5, 5.41) is 11.4. The summed E-state index contributed by atoms with van der Waals surface area (Å²) in [4.78, 5) is 10.9. The second-order valence-corrected chi connectivity index (χ2v) is 3.85. The normalized spacial score (nSPS) is 28.5. The fourth-order valence-electron chi connectivity index (χ4n) is 1.99. The van der Waals surface area contributed by atoms with Crippen molar-refractivity contribution in [2.45, 2.75) is 45.1 Å². The van der Waals surface area contributed by atoms with Crippen LogP contribution in [0.25, 0.3) is 0 Å². The molecule has 1 aliphatic rings. The van der Waals surface area contributed by atoms with Crippen molar-refractivity contribution in [2.24, 2.45) is 5.92 Å². The van der Waals surface area contributed by atoms with Gasteiger partial charge in [0.05, 0.1) is 0 Å². The minimum absolute atomic E-state index is 0.236. The average molecular weight is 185 g/mol. The Labute approximate surface area is 79.5 Å². The van der Waals surface area contributed by atoms with Crippen LogP contribution in [-0.2, 0) is 4.79 Å². The van der Waals surface area contributed by atoms with E-state index in [9.17, 15) is 4.79 Å². The lowest BCUT2D eigenvalue weighted by Crippen LogP contribution is -2.38. The first-order chi connectivity index (χ1) is 6.26. The molecule has 0 aliphatic heterocycles. The van der Waals surface area contributed by atoms with Gasteiger partial charge in [0.25, 0.3) is 0 Å². The number of amides is 1. The number of aliphatic hydroxyl groups is 1. The van der Waals surface area contributed by atoms with E-state index in [1.165, 1.54) is 19.3 Å². The SMILES string of the molecule is CCC1CCC(NC(=O)CO)CC1. The number of nitrogens with one attached hydrogen (secondary N) is 1. The van der Waals surface area contributed by atoms with E-state index in [2.05, 4.69) is 12.2 Å². The third-order valence-corrected chi connectivity index (χ3v) is 2.93. The number of aliphatic hydroxyl groups excluding tert-OH is 1. The molecular weight excluding hydrogens is 166 g/mol. The molecule has 0 spiro atoms.